The van der Waals surface area contributed by atoms with Crippen molar-refractivity contribution in [1.82, 2.24) is 10.2 Å². The standard InChI is InChI=1S/C22H16I2N6/c23-17-7-3-5-15(11-17)13-25-27-21-19-9-1-2-10-20(19)22(30-29-21)28-26-14-16-6-4-8-18(24)12-16/h1-14H,(H,27,29)(H,28,30)/b25-13-,26-14-. The minimum Gasteiger partial charge on any atom is -0.259 e. The van der Waals surface area contributed by atoms with Crippen LogP contribution in [-0.4, -0.2) is 22.6 Å². The van der Waals surface area contributed by atoms with Crippen LogP contribution in [0.2, 0.25) is 0 Å². The summed E-state index contributed by atoms with van der Waals surface area (Å²) in [5.74, 6) is 1.17. The molecule has 30 heavy (non-hydrogen) atoms. The van der Waals surface area contributed by atoms with Gasteiger partial charge >= 0.3 is 0 Å². The lowest BCUT2D eigenvalue weighted by atomic mass is 10.2. The summed E-state index contributed by atoms with van der Waals surface area (Å²) in [5, 5.41) is 19.0. The molecule has 6 nitrogen and oxygen atoms in total. The van der Waals surface area contributed by atoms with E-state index < -0.39 is 0 Å². The lowest BCUT2D eigenvalue weighted by Gasteiger charge is -2.08. The zero-order chi connectivity index (χ0) is 20.8. The average Bonchev–Trinajstić information content (AvgIpc) is 2.75. The highest BCUT2D eigenvalue weighted by atomic mass is 127. The number of aromatic nitrogens is 2. The van der Waals surface area contributed by atoms with Gasteiger partial charge in [-0.2, -0.15) is 10.2 Å². The predicted octanol–water partition coefficient (Wildman–Crippen LogP) is 5.73. The van der Waals surface area contributed by atoms with Gasteiger partial charge in [-0.15, -0.1) is 10.2 Å². The first kappa shape index (κ1) is 20.7. The summed E-state index contributed by atoms with van der Waals surface area (Å²) in [5.41, 5.74) is 8.01. The first-order chi connectivity index (χ1) is 14.7. The molecule has 0 aliphatic heterocycles. The molecule has 0 unspecified atom stereocenters. The van der Waals surface area contributed by atoms with Gasteiger partial charge in [-0.25, -0.2) is 0 Å². The Labute approximate surface area is 201 Å². The molecule has 0 saturated heterocycles. The Balaban J connectivity index is 1.54. The number of fused-ring (bicyclic) bond motifs is 1. The van der Waals surface area contributed by atoms with Crippen molar-refractivity contribution in [2.75, 3.05) is 10.9 Å². The molecule has 148 valence electrons. The van der Waals surface area contributed by atoms with E-state index >= 15 is 0 Å². The van der Waals surface area contributed by atoms with Crippen LogP contribution >= 0.6 is 45.2 Å². The Hall–Kier alpha value is -2.60. The molecule has 0 bridgehead atoms. The van der Waals surface area contributed by atoms with Gasteiger partial charge in [0.1, 0.15) is 0 Å². The fourth-order valence-electron chi connectivity index (χ4n) is 2.78. The molecule has 0 radical (unpaired) electrons. The molecule has 0 amide bonds. The van der Waals surface area contributed by atoms with Crippen molar-refractivity contribution in [3.05, 3.63) is 91.1 Å². The molecule has 0 aliphatic rings. The lowest BCUT2D eigenvalue weighted by molar-refractivity contribution is 1.03. The number of hydrogen-bond acceptors (Lipinski definition) is 6. The van der Waals surface area contributed by atoms with Crippen molar-refractivity contribution >= 4 is 80.0 Å². The number of nitrogens with one attached hydrogen (secondary N) is 2. The smallest absolute Gasteiger partial charge is 0.176 e. The Morgan fingerprint density at radius 2 is 1.10 bits per heavy atom. The van der Waals surface area contributed by atoms with Crippen LogP contribution in [0.4, 0.5) is 11.6 Å². The van der Waals surface area contributed by atoms with E-state index in [0.29, 0.717) is 11.6 Å². The number of halogens is 2. The van der Waals surface area contributed by atoms with Crippen molar-refractivity contribution in [2.24, 2.45) is 10.2 Å². The number of anilines is 2. The van der Waals surface area contributed by atoms with Crippen molar-refractivity contribution in [3.8, 4) is 0 Å². The van der Waals surface area contributed by atoms with Gasteiger partial charge in [-0.3, -0.25) is 10.9 Å². The Morgan fingerprint density at radius 3 is 1.53 bits per heavy atom. The molecular weight excluding hydrogens is 602 g/mol. The molecule has 2 N–H and O–H groups in total. The molecule has 1 aromatic heterocycles. The molecule has 3 aromatic carbocycles. The second-order valence-corrected chi connectivity index (χ2v) is 8.78. The maximum Gasteiger partial charge on any atom is 0.176 e. The molecule has 0 fully saturated rings. The van der Waals surface area contributed by atoms with Crippen molar-refractivity contribution < 1.29 is 0 Å². The predicted molar refractivity (Wildman–Crippen MR) is 140 cm³/mol. The van der Waals surface area contributed by atoms with Gasteiger partial charge in [0.15, 0.2) is 11.6 Å². The van der Waals surface area contributed by atoms with Gasteiger partial charge < -0.3 is 0 Å². The van der Waals surface area contributed by atoms with Crippen LogP contribution in [0.15, 0.2) is 83.0 Å². The highest BCUT2D eigenvalue weighted by Gasteiger charge is 2.07. The lowest BCUT2D eigenvalue weighted by Crippen LogP contribution is -2.01. The zero-order valence-electron chi connectivity index (χ0n) is 15.6. The normalized spacial score (nSPS) is 11.4. The Kier molecular flexibility index (Phi) is 6.84. The summed E-state index contributed by atoms with van der Waals surface area (Å²) in [6, 6.07) is 24.0. The number of hydrazone groups is 2. The van der Waals surface area contributed by atoms with Crippen LogP contribution in [0.5, 0.6) is 0 Å². The van der Waals surface area contributed by atoms with E-state index in [1.54, 1.807) is 12.4 Å². The third-order valence-corrected chi connectivity index (χ3v) is 5.49. The van der Waals surface area contributed by atoms with Crippen LogP contribution < -0.4 is 10.9 Å². The summed E-state index contributed by atoms with van der Waals surface area (Å²) in [6.07, 6.45) is 3.52. The SMILES string of the molecule is Ic1cccc(/C=N\Nc2nnc(N/N=C\c3cccc(I)c3)c3ccccc23)c1. The van der Waals surface area contributed by atoms with Crippen LogP contribution in [0.25, 0.3) is 10.8 Å². The first-order valence-corrected chi connectivity index (χ1v) is 11.2. The van der Waals surface area contributed by atoms with Crippen LogP contribution in [0.1, 0.15) is 11.1 Å². The second kappa shape index (κ2) is 9.94. The van der Waals surface area contributed by atoms with E-state index in [1.165, 1.54) is 0 Å². The summed E-state index contributed by atoms with van der Waals surface area (Å²) in [7, 11) is 0. The molecule has 4 rings (SSSR count). The first-order valence-electron chi connectivity index (χ1n) is 9.04. The van der Waals surface area contributed by atoms with E-state index in [2.05, 4.69) is 76.4 Å². The number of hydrogen-bond donors (Lipinski definition) is 2. The molecular formula is C22H16I2N6. The fourth-order valence-corrected chi connectivity index (χ4v) is 3.91. The highest BCUT2D eigenvalue weighted by molar-refractivity contribution is 14.1. The number of nitrogens with zero attached hydrogens (tertiary/aromatic N) is 4. The van der Waals surface area contributed by atoms with Crippen LogP contribution in [-0.2, 0) is 0 Å². The van der Waals surface area contributed by atoms with E-state index in [-0.39, 0.29) is 0 Å². The molecule has 0 spiro atoms. The second-order valence-electron chi connectivity index (χ2n) is 6.29. The molecule has 4 aromatic rings. The van der Waals surface area contributed by atoms with E-state index in [0.717, 1.165) is 29.0 Å². The summed E-state index contributed by atoms with van der Waals surface area (Å²) in [6.45, 7) is 0. The molecule has 0 saturated carbocycles. The topological polar surface area (TPSA) is 74.6 Å². The summed E-state index contributed by atoms with van der Waals surface area (Å²) >= 11 is 4.55. The molecule has 1 heterocycles. The Morgan fingerprint density at radius 1 is 0.633 bits per heavy atom. The zero-order valence-corrected chi connectivity index (χ0v) is 19.9. The van der Waals surface area contributed by atoms with Gasteiger partial charge in [-0.05, 0) is 80.6 Å². The van der Waals surface area contributed by atoms with Crippen molar-refractivity contribution in [2.45, 2.75) is 0 Å². The van der Waals surface area contributed by atoms with Gasteiger partial charge in [0.2, 0.25) is 0 Å². The highest BCUT2D eigenvalue weighted by Crippen LogP contribution is 2.25. The largest absolute Gasteiger partial charge is 0.259 e. The quantitative estimate of drug-likeness (QED) is 0.165. The third kappa shape index (κ3) is 5.30. The monoisotopic (exact) mass is 618 g/mol. The van der Waals surface area contributed by atoms with Crippen LogP contribution in [0.3, 0.4) is 0 Å². The van der Waals surface area contributed by atoms with Crippen molar-refractivity contribution in [1.29, 1.82) is 0 Å². The third-order valence-electron chi connectivity index (χ3n) is 4.15. The maximum absolute atomic E-state index is 4.31. The molecule has 0 atom stereocenters. The maximum atomic E-state index is 4.31. The minimum atomic E-state index is 0.583. The summed E-state index contributed by atoms with van der Waals surface area (Å²) in [4.78, 5) is 0. The van der Waals surface area contributed by atoms with Crippen molar-refractivity contribution in [3.63, 3.8) is 0 Å². The fraction of sp³-hybridized carbons (Fsp3) is 0. The number of benzene rings is 3. The minimum absolute atomic E-state index is 0.583. The number of rotatable bonds is 6. The van der Waals surface area contributed by atoms with E-state index in [9.17, 15) is 0 Å². The van der Waals surface area contributed by atoms with Crippen LogP contribution in [0, 0.1) is 7.14 Å². The van der Waals surface area contributed by atoms with E-state index in [4.69, 9.17) is 0 Å². The van der Waals surface area contributed by atoms with Gasteiger partial charge in [0.25, 0.3) is 0 Å². The summed E-state index contributed by atoms with van der Waals surface area (Å²) < 4.78 is 2.31. The average molecular weight is 618 g/mol. The van der Waals surface area contributed by atoms with E-state index in [1.807, 2.05) is 72.8 Å². The molecule has 8 heteroatoms. The van der Waals surface area contributed by atoms with Gasteiger partial charge in [0, 0.05) is 17.9 Å². The van der Waals surface area contributed by atoms with Gasteiger partial charge in [-0.1, -0.05) is 48.5 Å². The molecule has 0 aliphatic carbocycles. The Bertz CT molecular complexity index is 1140. The van der Waals surface area contributed by atoms with Gasteiger partial charge in [0.05, 0.1) is 12.4 Å².